The minimum absolute atomic E-state index is 0.138. The molecule has 0 radical (unpaired) electrons. The van der Waals surface area contributed by atoms with E-state index in [1.54, 1.807) is 12.1 Å². The van der Waals surface area contributed by atoms with E-state index in [1.165, 1.54) is 0 Å². The Bertz CT molecular complexity index is 327. The van der Waals surface area contributed by atoms with E-state index in [1.807, 2.05) is 6.92 Å². The summed E-state index contributed by atoms with van der Waals surface area (Å²) in [6, 6.07) is 3.26. The van der Waals surface area contributed by atoms with Gasteiger partial charge in [-0.2, -0.15) is 0 Å². The van der Waals surface area contributed by atoms with Crippen LogP contribution < -0.4 is 5.32 Å². The van der Waals surface area contributed by atoms with Gasteiger partial charge in [0.05, 0.1) is 0 Å². The van der Waals surface area contributed by atoms with Crippen LogP contribution >= 0.6 is 27.5 Å². The van der Waals surface area contributed by atoms with Crippen molar-refractivity contribution in [2.75, 3.05) is 5.33 Å². The van der Waals surface area contributed by atoms with Gasteiger partial charge in [-0.15, -0.1) is 0 Å². The first-order valence-electron chi connectivity index (χ1n) is 4.75. The zero-order valence-corrected chi connectivity index (χ0v) is 10.8. The third kappa shape index (κ3) is 4.26. The minimum atomic E-state index is -0.219. The predicted molar refractivity (Wildman–Crippen MR) is 63.7 cm³/mol. The molecule has 0 saturated heterocycles. The second kappa shape index (κ2) is 6.18. The number of hydrogen-bond acceptors (Lipinski definition) is 2. The second-order valence-electron chi connectivity index (χ2n) is 3.31. The van der Waals surface area contributed by atoms with Crippen LogP contribution in [0.15, 0.2) is 16.5 Å². The fraction of sp³-hybridized carbons (Fsp3) is 0.500. The van der Waals surface area contributed by atoms with Crippen LogP contribution in [0.5, 0.6) is 0 Å². The van der Waals surface area contributed by atoms with Crippen LogP contribution in [0.4, 0.5) is 0 Å². The third-order valence-electron chi connectivity index (χ3n) is 1.95. The molecule has 3 nitrogen and oxygen atoms in total. The number of amides is 1. The lowest BCUT2D eigenvalue weighted by Gasteiger charge is -2.11. The molecule has 15 heavy (non-hydrogen) atoms. The van der Waals surface area contributed by atoms with Gasteiger partial charge in [0.1, 0.15) is 0 Å². The third-order valence-corrected chi connectivity index (χ3v) is 2.71. The Morgan fingerprint density at radius 1 is 1.67 bits per heavy atom. The van der Waals surface area contributed by atoms with Crippen LogP contribution in [0, 0.1) is 0 Å². The molecule has 1 amide bonds. The van der Waals surface area contributed by atoms with Gasteiger partial charge in [0, 0.05) is 11.4 Å². The molecule has 0 bridgehead atoms. The Morgan fingerprint density at radius 2 is 2.40 bits per heavy atom. The number of carbonyl (C=O) groups excluding carboxylic acids is 1. The van der Waals surface area contributed by atoms with Crippen molar-refractivity contribution in [1.82, 2.24) is 5.32 Å². The zero-order chi connectivity index (χ0) is 11.3. The smallest absolute Gasteiger partial charge is 0.287 e. The van der Waals surface area contributed by atoms with Crippen LogP contribution in [-0.4, -0.2) is 17.3 Å². The Hall–Kier alpha value is -0.480. The van der Waals surface area contributed by atoms with Crippen molar-refractivity contribution in [3.05, 3.63) is 23.1 Å². The van der Waals surface area contributed by atoms with Crippen LogP contribution in [0.2, 0.25) is 5.22 Å². The summed E-state index contributed by atoms with van der Waals surface area (Å²) in [5.41, 5.74) is 0. The van der Waals surface area contributed by atoms with Crippen molar-refractivity contribution in [1.29, 1.82) is 0 Å². The van der Waals surface area contributed by atoms with E-state index in [2.05, 4.69) is 21.2 Å². The maximum absolute atomic E-state index is 11.6. The lowest BCUT2D eigenvalue weighted by atomic mass is 10.2. The molecule has 0 aliphatic heterocycles. The van der Waals surface area contributed by atoms with Crippen molar-refractivity contribution in [3.8, 4) is 0 Å². The highest BCUT2D eigenvalue weighted by Crippen LogP contribution is 2.13. The van der Waals surface area contributed by atoms with Gasteiger partial charge in [0.2, 0.25) is 0 Å². The SMILES string of the molecule is CC(CCCBr)NC(=O)c1ccc(Cl)o1. The molecule has 1 rings (SSSR count). The van der Waals surface area contributed by atoms with Gasteiger partial charge in [0.15, 0.2) is 11.0 Å². The number of nitrogens with one attached hydrogen (secondary N) is 1. The van der Waals surface area contributed by atoms with Crippen molar-refractivity contribution in [2.24, 2.45) is 0 Å². The van der Waals surface area contributed by atoms with E-state index >= 15 is 0 Å². The highest BCUT2D eigenvalue weighted by atomic mass is 79.9. The number of carbonyl (C=O) groups is 1. The van der Waals surface area contributed by atoms with Gasteiger partial charge < -0.3 is 9.73 Å². The summed E-state index contributed by atoms with van der Waals surface area (Å²) in [6.45, 7) is 1.96. The summed E-state index contributed by atoms with van der Waals surface area (Å²) in [7, 11) is 0. The molecule has 1 unspecified atom stereocenters. The Kier molecular flexibility index (Phi) is 5.19. The fourth-order valence-electron chi connectivity index (χ4n) is 1.19. The summed E-state index contributed by atoms with van der Waals surface area (Å²) in [5, 5.41) is 4.01. The molecule has 0 aliphatic carbocycles. The molecule has 84 valence electrons. The Balaban J connectivity index is 2.42. The summed E-state index contributed by atoms with van der Waals surface area (Å²) >= 11 is 8.92. The van der Waals surface area contributed by atoms with E-state index < -0.39 is 0 Å². The molecular formula is C10H13BrClNO2. The average Bonchev–Trinajstić information content (AvgIpc) is 2.61. The zero-order valence-electron chi connectivity index (χ0n) is 8.43. The molecule has 1 atom stereocenters. The molecule has 1 aromatic rings. The van der Waals surface area contributed by atoms with Gasteiger partial charge in [0.25, 0.3) is 5.91 Å². The molecular weight excluding hydrogens is 281 g/mol. The first-order chi connectivity index (χ1) is 7.13. The molecule has 1 N–H and O–H groups in total. The van der Waals surface area contributed by atoms with Gasteiger partial charge in [-0.3, -0.25) is 4.79 Å². The number of rotatable bonds is 5. The molecule has 0 fully saturated rings. The lowest BCUT2D eigenvalue weighted by molar-refractivity contribution is 0.0910. The van der Waals surface area contributed by atoms with E-state index in [9.17, 15) is 4.79 Å². The monoisotopic (exact) mass is 293 g/mol. The van der Waals surface area contributed by atoms with E-state index in [0.717, 1.165) is 18.2 Å². The van der Waals surface area contributed by atoms with E-state index in [4.69, 9.17) is 16.0 Å². The van der Waals surface area contributed by atoms with E-state index in [0.29, 0.717) is 0 Å². The van der Waals surface area contributed by atoms with Crippen molar-refractivity contribution >= 4 is 33.4 Å². The van der Waals surface area contributed by atoms with Crippen LogP contribution in [0.1, 0.15) is 30.3 Å². The topological polar surface area (TPSA) is 42.2 Å². The van der Waals surface area contributed by atoms with Crippen molar-refractivity contribution < 1.29 is 9.21 Å². The van der Waals surface area contributed by atoms with Gasteiger partial charge >= 0.3 is 0 Å². The van der Waals surface area contributed by atoms with Crippen molar-refractivity contribution in [3.63, 3.8) is 0 Å². The van der Waals surface area contributed by atoms with E-state index in [-0.39, 0.29) is 22.9 Å². The number of hydrogen-bond donors (Lipinski definition) is 1. The maximum atomic E-state index is 11.6. The molecule has 0 aliphatic rings. The number of halogens is 2. The first-order valence-corrected chi connectivity index (χ1v) is 6.25. The molecule has 1 heterocycles. The summed E-state index contributed by atoms with van der Waals surface area (Å²) < 4.78 is 4.99. The average molecular weight is 295 g/mol. The van der Waals surface area contributed by atoms with Gasteiger partial charge in [-0.05, 0) is 43.5 Å². The maximum Gasteiger partial charge on any atom is 0.287 e. The largest absolute Gasteiger partial charge is 0.440 e. The quantitative estimate of drug-likeness (QED) is 0.847. The van der Waals surface area contributed by atoms with Crippen LogP contribution in [0.3, 0.4) is 0 Å². The summed E-state index contributed by atoms with van der Waals surface area (Å²) in [4.78, 5) is 11.6. The minimum Gasteiger partial charge on any atom is -0.440 e. The molecule has 0 spiro atoms. The van der Waals surface area contributed by atoms with Crippen molar-refractivity contribution in [2.45, 2.75) is 25.8 Å². The Labute approximate surface area is 102 Å². The number of furan rings is 1. The molecule has 1 aromatic heterocycles. The molecule has 0 aromatic carbocycles. The van der Waals surface area contributed by atoms with Crippen LogP contribution in [0.25, 0.3) is 0 Å². The predicted octanol–water partition coefficient (Wildman–Crippen LogP) is 3.23. The molecule has 5 heteroatoms. The summed E-state index contributed by atoms with van der Waals surface area (Å²) in [5.74, 6) is 0.0367. The first kappa shape index (κ1) is 12.6. The highest BCUT2D eigenvalue weighted by molar-refractivity contribution is 9.09. The highest BCUT2D eigenvalue weighted by Gasteiger charge is 2.12. The second-order valence-corrected chi connectivity index (χ2v) is 4.47. The summed E-state index contributed by atoms with van der Waals surface area (Å²) in [6.07, 6.45) is 1.96. The Morgan fingerprint density at radius 3 is 2.93 bits per heavy atom. The standard InChI is InChI=1S/C10H13BrClNO2/c1-7(3-2-6-11)13-10(14)8-4-5-9(12)15-8/h4-5,7H,2-3,6H2,1H3,(H,13,14). The normalized spacial score (nSPS) is 12.5. The van der Waals surface area contributed by atoms with Gasteiger partial charge in [-0.1, -0.05) is 15.9 Å². The lowest BCUT2D eigenvalue weighted by Crippen LogP contribution is -2.32. The fourth-order valence-corrected chi connectivity index (χ4v) is 1.66. The molecule has 0 saturated carbocycles. The van der Waals surface area contributed by atoms with Gasteiger partial charge in [-0.25, -0.2) is 0 Å². The number of alkyl halides is 1. The van der Waals surface area contributed by atoms with Crippen LogP contribution in [-0.2, 0) is 0 Å².